The van der Waals surface area contributed by atoms with E-state index in [0.717, 1.165) is 22.7 Å². The van der Waals surface area contributed by atoms with Gasteiger partial charge in [-0.15, -0.1) is 10.2 Å². The van der Waals surface area contributed by atoms with E-state index >= 15 is 0 Å². The predicted molar refractivity (Wildman–Crippen MR) is 121 cm³/mol. The summed E-state index contributed by atoms with van der Waals surface area (Å²) in [6, 6.07) is 11.4. The van der Waals surface area contributed by atoms with Gasteiger partial charge in [-0.2, -0.15) is 0 Å². The van der Waals surface area contributed by atoms with Crippen LogP contribution in [0.2, 0.25) is 0 Å². The number of hydrogen-bond acceptors (Lipinski definition) is 7. The SMILES string of the molecule is COc1cccc(CNC(=O)N2CCN(c3ncccc3-c3nnc(C(C)C)o3)CC2)c1. The molecule has 32 heavy (non-hydrogen) atoms. The Labute approximate surface area is 187 Å². The first-order chi connectivity index (χ1) is 15.5. The maximum absolute atomic E-state index is 12.6. The van der Waals surface area contributed by atoms with Crippen LogP contribution in [0.4, 0.5) is 10.6 Å². The van der Waals surface area contributed by atoms with Crippen LogP contribution in [-0.2, 0) is 6.54 Å². The van der Waals surface area contributed by atoms with Gasteiger partial charge < -0.3 is 24.3 Å². The monoisotopic (exact) mass is 436 g/mol. The van der Waals surface area contributed by atoms with Gasteiger partial charge in [0.25, 0.3) is 5.89 Å². The predicted octanol–water partition coefficient (Wildman–Crippen LogP) is 3.30. The number of rotatable bonds is 6. The molecule has 9 heteroatoms. The van der Waals surface area contributed by atoms with Gasteiger partial charge in [-0.1, -0.05) is 26.0 Å². The van der Waals surface area contributed by atoms with Gasteiger partial charge in [0, 0.05) is 44.8 Å². The highest BCUT2D eigenvalue weighted by Gasteiger charge is 2.25. The Morgan fingerprint density at radius 1 is 1.16 bits per heavy atom. The van der Waals surface area contributed by atoms with E-state index in [9.17, 15) is 4.79 Å². The van der Waals surface area contributed by atoms with Crippen LogP contribution in [0.25, 0.3) is 11.5 Å². The van der Waals surface area contributed by atoms with E-state index in [2.05, 4.69) is 25.4 Å². The molecular weight excluding hydrogens is 408 g/mol. The molecule has 2 amide bonds. The third-order valence-electron chi connectivity index (χ3n) is 5.40. The van der Waals surface area contributed by atoms with Crippen molar-refractivity contribution < 1.29 is 13.9 Å². The van der Waals surface area contributed by atoms with Gasteiger partial charge in [0.2, 0.25) is 5.89 Å². The average Bonchev–Trinajstić information content (AvgIpc) is 3.33. The number of benzene rings is 1. The number of carbonyl (C=O) groups excluding carboxylic acids is 1. The zero-order valence-electron chi connectivity index (χ0n) is 18.6. The summed E-state index contributed by atoms with van der Waals surface area (Å²) in [6.07, 6.45) is 1.76. The van der Waals surface area contributed by atoms with Gasteiger partial charge in [0.05, 0.1) is 12.7 Å². The molecular formula is C23H28N6O3. The number of nitrogens with zero attached hydrogens (tertiary/aromatic N) is 5. The Morgan fingerprint density at radius 3 is 2.69 bits per heavy atom. The van der Waals surface area contributed by atoms with Crippen molar-refractivity contribution in [3.63, 3.8) is 0 Å². The summed E-state index contributed by atoms with van der Waals surface area (Å²) < 4.78 is 11.1. The molecule has 1 aromatic carbocycles. The van der Waals surface area contributed by atoms with Gasteiger partial charge in [0.15, 0.2) is 0 Å². The van der Waals surface area contributed by atoms with E-state index in [4.69, 9.17) is 9.15 Å². The number of piperazine rings is 1. The number of nitrogens with one attached hydrogen (secondary N) is 1. The van der Waals surface area contributed by atoms with Crippen molar-refractivity contribution in [2.75, 3.05) is 38.2 Å². The van der Waals surface area contributed by atoms with Crippen LogP contribution in [0, 0.1) is 0 Å². The molecule has 0 radical (unpaired) electrons. The Morgan fingerprint density at radius 2 is 1.97 bits per heavy atom. The molecule has 2 aromatic heterocycles. The van der Waals surface area contributed by atoms with Crippen molar-refractivity contribution in [3.05, 3.63) is 54.0 Å². The Kier molecular flexibility index (Phi) is 6.53. The smallest absolute Gasteiger partial charge is 0.317 e. The lowest BCUT2D eigenvalue weighted by atomic mass is 10.2. The van der Waals surface area contributed by atoms with Crippen molar-refractivity contribution in [3.8, 4) is 17.2 Å². The second-order valence-electron chi connectivity index (χ2n) is 7.96. The number of hydrogen-bond donors (Lipinski definition) is 1. The summed E-state index contributed by atoms with van der Waals surface area (Å²) in [5, 5.41) is 11.3. The molecule has 1 N–H and O–H groups in total. The lowest BCUT2D eigenvalue weighted by Crippen LogP contribution is -2.52. The summed E-state index contributed by atoms with van der Waals surface area (Å²) in [4.78, 5) is 21.2. The molecule has 168 valence electrons. The third kappa shape index (κ3) is 4.82. The largest absolute Gasteiger partial charge is 0.497 e. The molecule has 3 heterocycles. The highest BCUT2D eigenvalue weighted by atomic mass is 16.5. The summed E-state index contributed by atoms with van der Waals surface area (Å²) in [5.74, 6) is 2.80. The van der Waals surface area contributed by atoms with E-state index in [-0.39, 0.29) is 11.9 Å². The molecule has 0 atom stereocenters. The fourth-order valence-corrected chi connectivity index (χ4v) is 3.59. The van der Waals surface area contributed by atoms with E-state index in [1.807, 2.05) is 55.1 Å². The number of anilines is 1. The van der Waals surface area contributed by atoms with E-state index in [1.54, 1.807) is 13.3 Å². The van der Waals surface area contributed by atoms with Crippen LogP contribution in [0.3, 0.4) is 0 Å². The average molecular weight is 437 g/mol. The number of amides is 2. The maximum atomic E-state index is 12.6. The van der Waals surface area contributed by atoms with Gasteiger partial charge in [0.1, 0.15) is 11.6 Å². The number of pyridine rings is 1. The molecule has 1 aliphatic heterocycles. The van der Waals surface area contributed by atoms with Crippen LogP contribution in [-0.4, -0.2) is 59.4 Å². The van der Waals surface area contributed by atoms with Crippen molar-refractivity contribution in [2.45, 2.75) is 26.3 Å². The minimum Gasteiger partial charge on any atom is -0.497 e. The molecule has 4 rings (SSSR count). The lowest BCUT2D eigenvalue weighted by molar-refractivity contribution is 0.194. The topological polar surface area (TPSA) is 96.6 Å². The van der Waals surface area contributed by atoms with Crippen LogP contribution in [0.5, 0.6) is 5.75 Å². The zero-order valence-corrected chi connectivity index (χ0v) is 18.6. The molecule has 3 aromatic rings. The number of urea groups is 1. The summed E-state index contributed by atoms with van der Waals surface area (Å²) in [5.41, 5.74) is 1.80. The normalized spacial score (nSPS) is 14.0. The molecule has 9 nitrogen and oxygen atoms in total. The fourth-order valence-electron chi connectivity index (χ4n) is 3.59. The molecule has 0 saturated carbocycles. The fraction of sp³-hybridized carbons (Fsp3) is 0.391. The van der Waals surface area contributed by atoms with Crippen LogP contribution >= 0.6 is 0 Å². The first-order valence-electron chi connectivity index (χ1n) is 10.7. The van der Waals surface area contributed by atoms with Gasteiger partial charge in [-0.25, -0.2) is 9.78 Å². The standard InChI is InChI=1S/C23H28N6O3/c1-16(2)21-26-27-22(32-21)19-8-5-9-24-20(19)28-10-12-29(13-11-28)23(30)25-15-17-6-4-7-18(14-17)31-3/h4-9,14,16H,10-13,15H2,1-3H3,(H,25,30). The van der Waals surface area contributed by atoms with Crippen molar-refractivity contribution in [1.82, 2.24) is 25.4 Å². The first-order valence-corrected chi connectivity index (χ1v) is 10.7. The Bertz CT molecular complexity index is 1060. The van der Waals surface area contributed by atoms with Gasteiger partial charge in [-0.3, -0.25) is 0 Å². The zero-order chi connectivity index (χ0) is 22.5. The quantitative estimate of drug-likeness (QED) is 0.633. The van der Waals surface area contributed by atoms with E-state index in [0.29, 0.717) is 44.5 Å². The number of aromatic nitrogens is 3. The summed E-state index contributed by atoms with van der Waals surface area (Å²) in [6.45, 7) is 7.02. The van der Waals surface area contributed by atoms with Crippen LogP contribution in [0.15, 0.2) is 47.0 Å². The van der Waals surface area contributed by atoms with Crippen molar-refractivity contribution >= 4 is 11.8 Å². The van der Waals surface area contributed by atoms with Gasteiger partial charge >= 0.3 is 6.03 Å². The Balaban J connectivity index is 1.37. The van der Waals surface area contributed by atoms with E-state index in [1.165, 1.54) is 0 Å². The number of carbonyl (C=O) groups is 1. The molecule has 0 spiro atoms. The molecule has 0 aliphatic carbocycles. The van der Waals surface area contributed by atoms with E-state index < -0.39 is 0 Å². The van der Waals surface area contributed by atoms with Gasteiger partial charge in [-0.05, 0) is 29.8 Å². The van der Waals surface area contributed by atoms with Crippen molar-refractivity contribution in [2.24, 2.45) is 0 Å². The van der Waals surface area contributed by atoms with Crippen molar-refractivity contribution in [1.29, 1.82) is 0 Å². The van der Waals surface area contributed by atoms with Crippen LogP contribution < -0.4 is 15.0 Å². The minimum atomic E-state index is -0.0767. The number of ether oxygens (including phenoxy) is 1. The summed E-state index contributed by atoms with van der Waals surface area (Å²) in [7, 11) is 1.63. The molecule has 1 aliphatic rings. The second-order valence-corrected chi connectivity index (χ2v) is 7.96. The molecule has 0 unspecified atom stereocenters. The Hall–Kier alpha value is -3.62. The molecule has 0 bridgehead atoms. The highest BCUT2D eigenvalue weighted by molar-refractivity contribution is 5.75. The molecule has 1 fully saturated rings. The first kappa shape index (κ1) is 21.6. The minimum absolute atomic E-state index is 0.0767. The molecule has 1 saturated heterocycles. The van der Waals surface area contributed by atoms with Crippen LogP contribution in [0.1, 0.15) is 31.2 Å². The lowest BCUT2D eigenvalue weighted by Gasteiger charge is -2.35. The second kappa shape index (κ2) is 9.67. The maximum Gasteiger partial charge on any atom is 0.317 e. The highest BCUT2D eigenvalue weighted by Crippen LogP contribution is 2.29. The summed E-state index contributed by atoms with van der Waals surface area (Å²) >= 11 is 0. The third-order valence-corrected chi connectivity index (χ3v) is 5.40. The number of methoxy groups -OCH3 is 1.